The van der Waals surface area contributed by atoms with Gasteiger partial charge in [-0.1, -0.05) is 25.0 Å². The molecule has 0 spiro atoms. The number of carbonyl (C=O) groups excluding carboxylic acids is 1. The second kappa shape index (κ2) is 11.5. The zero-order valence-electron chi connectivity index (χ0n) is 16.1. The average molecular weight is 434 g/mol. The molecule has 1 saturated heterocycles. The molecule has 7 heteroatoms. The first-order valence-corrected chi connectivity index (χ1v) is 10.7. The van der Waals surface area contributed by atoms with Crippen LogP contribution in [0.3, 0.4) is 0 Å². The molecule has 1 aromatic rings. The Morgan fingerprint density at radius 1 is 1.22 bits per heavy atom. The van der Waals surface area contributed by atoms with Crippen molar-refractivity contribution in [3.8, 4) is 0 Å². The van der Waals surface area contributed by atoms with Crippen molar-refractivity contribution in [3.63, 3.8) is 0 Å². The molecule has 27 heavy (non-hydrogen) atoms. The molecule has 0 radical (unpaired) electrons. The maximum atomic E-state index is 12.6. The minimum Gasteiger partial charge on any atom is -0.326 e. The van der Waals surface area contributed by atoms with Gasteiger partial charge in [0.15, 0.2) is 0 Å². The van der Waals surface area contributed by atoms with Gasteiger partial charge in [-0.2, -0.15) is 11.8 Å². The van der Waals surface area contributed by atoms with Crippen molar-refractivity contribution in [2.45, 2.75) is 44.6 Å². The van der Waals surface area contributed by atoms with Crippen molar-refractivity contribution < 1.29 is 4.79 Å². The minimum absolute atomic E-state index is 0. The van der Waals surface area contributed by atoms with E-state index >= 15 is 0 Å². The maximum Gasteiger partial charge on any atom is 0.229 e. The molecule has 2 fully saturated rings. The van der Waals surface area contributed by atoms with Crippen LogP contribution in [-0.2, 0) is 11.2 Å². The molecular formula is C20H33Cl2N3OS. The second-order valence-corrected chi connectivity index (χ2v) is 8.92. The van der Waals surface area contributed by atoms with Gasteiger partial charge < -0.3 is 16.0 Å². The first kappa shape index (κ1) is 24.6. The van der Waals surface area contributed by atoms with Gasteiger partial charge in [-0.3, -0.25) is 4.79 Å². The summed E-state index contributed by atoms with van der Waals surface area (Å²) in [5, 5.41) is 3.07. The van der Waals surface area contributed by atoms with E-state index in [0.29, 0.717) is 0 Å². The molecule has 3 rings (SSSR count). The van der Waals surface area contributed by atoms with E-state index in [9.17, 15) is 4.79 Å². The number of hydrogen-bond donors (Lipinski definition) is 2. The quantitative estimate of drug-likeness (QED) is 0.737. The third kappa shape index (κ3) is 7.13. The average Bonchev–Trinajstić information content (AvgIpc) is 2.61. The number of carbonyl (C=O) groups is 1. The highest BCUT2D eigenvalue weighted by Gasteiger charge is 2.37. The number of nitrogens with two attached hydrogens (primary N) is 1. The van der Waals surface area contributed by atoms with Crippen molar-refractivity contribution in [2.75, 3.05) is 36.5 Å². The highest BCUT2D eigenvalue weighted by molar-refractivity contribution is 7.99. The van der Waals surface area contributed by atoms with Crippen LogP contribution in [0.5, 0.6) is 0 Å². The number of thioether (sulfide) groups is 1. The predicted octanol–water partition coefficient (Wildman–Crippen LogP) is 3.97. The predicted molar refractivity (Wildman–Crippen MR) is 122 cm³/mol. The van der Waals surface area contributed by atoms with Gasteiger partial charge in [-0.05, 0) is 43.9 Å². The summed E-state index contributed by atoms with van der Waals surface area (Å²) in [4.78, 5) is 15.1. The second-order valence-electron chi connectivity index (χ2n) is 7.69. The molecule has 154 valence electrons. The summed E-state index contributed by atoms with van der Waals surface area (Å²) >= 11 is 2.05. The number of nitrogens with zero attached hydrogens (tertiary/aromatic N) is 1. The molecule has 1 heterocycles. The number of amides is 1. The third-order valence-electron chi connectivity index (χ3n) is 5.61. The largest absolute Gasteiger partial charge is 0.326 e. The van der Waals surface area contributed by atoms with Crippen molar-refractivity contribution >= 4 is 48.2 Å². The van der Waals surface area contributed by atoms with Crippen LogP contribution in [0.15, 0.2) is 24.3 Å². The molecule has 1 aromatic carbocycles. The van der Waals surface area contributed by atoms with E-state index in [4.69, 9.17) is 5.73 Å². The lowest BCUT2D eigenvalue weighted by Crippen LogP contribution is -2.51. The van der Waals surface area contributed by atoms with Crippen LogP contribution in [0.4, 0.5) is 5.69 Å². The smallest absolute Gasteiger partial charge is 0.229 e. The Hall–Kier alpha value is -0.460. The number of halogens is 2. The molecule has 0 bridgehead atoms. The summed E-state index contributed by atoms with van der Waals surface area (Å²) in [6, 6.07) is 8.32. The van der Waals surface area contributed by atoms with Crippen LogP contribution < -0.4 is 11.1 Å². The van der Waals surface area contributed by atoms with Gasteiger partial charge in [0.1, 0.15) is 0 Å². The number of hydrogen-bond acceptors (Lipinski definition) is 4. The molecule has 4 nitrogen and oxygen atoms in total. The molecule has 2 aliphatic rings. The fourth-order valence-electron chi connectivity index (χ4n) is 3.89. The number of anilines is 1. The molecule has 1 aliphatic heterocycles. The standard InChI is InChI=1S/C20H31N3OS.2ClH/c1-20(21)10-3-2-4-18(20)19(24)22-17-7-5-16(6-8-17)9-11-23-12-14-25-15-13-23;;/h5-8,18H,2-4,9-15,21H2,1H3,(H,22,24);2*1H. The van der Waals surface area contributed by atoms with Crippen LogP contribution in [0, 0.1) is 5.92 Å². The fraction of sp³-hybridized carbons (Fsp3) is 0.650. The van der Waals surface area contributed by atoms with Crippen LogP contribution in [0.25, 0.3) is 0 Å². The van der Waals surface area contributed by atoms with Gasteiger partial charge in [-0.15, -0.1) is 24.8 Å². The number of rotatable bonds is 5. The summed E-state index contributed by atoms with van der Waals surface area (Å²) in [5.74, 6) is 2.50. The zero-order valence-corrected chi connectivity index (χ0v) is 18.6. The highest BCUT2D eigenvalue weighted by Crippen LogP contribution is 2.32. The maximum absolute atomic E-state index is 12.6. The SMILES string of the molecule is CC1(N)CCCCC1C(=O)Nc1ccc(CCN2CCSCC2)cc1.Cl.Cl. The lowest BCUT2D eigenvalue weighted by atomic mass is 9.74. The summed E-state index contributed by atoms with van der Waals surface area (Å²) in [6.45, 7) is 5.55. The van der Waals surface area contributed by atoms with E-state index in [1.54, 1.807) is 0 Å². The van der Waals surface area contributed by atoms with E-state index in [-0.39, 0.29) is 42.2 Å². The third-order valence-corrected chi connectivity index (χ3v) is 6.56. The first-order chi connectivity index (χ1) is 12.0. The Balaban J connectivity index is 0.00000182. The van der Waals surface area contributed by atoms with E-state index in [1.165, 1.54) is 30.2 Å². The molecule has 1 aliphatic carbocycles. The molecule has 2 atom stereocenters. The van der Waals surface area contributed by atoms with Gasteiger partial charge in [0.25, 0.3) is 0 Å². The van der Waals surface area contributed by atoms with Crippen LogP contribution >= 0.6 is 36.6 Å². The Morgan fingerprint density at radius 2 is 1.89 bits per heavy atom. The van der Waals surface area contributed by atoms with Crippen LogP contribution in [0.1, 0.15) is 38.2 Å². The van der Waals surface area contributed by atoms with Crippen LogP contribution in [-0.4, -0.2) is 47.5 Å². The van der Waals surface area contributed by atoms with E-state index < -0.39 is 0 Å². The normalized spacial score (nSPS) is 25.8. The van der Waals surface area contributed by atoms with Crippen molar-refractivity contribution in [2.24, 2.45) is 11.7 Å². The van der Waals surface area contributed by atoms with Gasteiger partial charge in [-0.25, -0.2) is 0 Å². The molecule has 2 unspecified atom stereocenters. The van der Waals surface area contributed by atoms with Gasteiger partial charge in [0, 0.05) is 42.4 Å². The Morgan fingerprint density at radius 3 is 2.52 bits per heavy atom. The molecule has 1 saturated carbocycles. The summed E-state index contributed by atoms with van der Waals surface area (Å²) < 4.78 is 0. The Labute approximate surface area is 180 Å². The van der Waals surface area contributed by atoms with E-state index in [0.717, 1.165) is 44.3 Å². The number of nitrogens with one attached hydrogen (secondary N) is 1. The van der Waals surface area contributed by atoms with Gasteiger partial charge in [0.2, 0.25) is 5.91 Å². The monoisotopic (exact) mass is 433 g/mol. The van der Waals surface area contributed by atoms with Crippen LogP contribution in [0.2, 0.25) is 0 Å². The van der Waals surface area contributed by atoms with Crippen molar-refractivity contribution in [1.82, 2.24) is 4.90 Å². The lowest BCUT2D eigenvalue weighted by Gasteiger charge is -2.37. The van der Waals surface area contributed by atoms with Crippen molar-refractivity contribution in [3.05, 3.63) is 29.8 Å². The first-order valence-electron chi connectivity index (χ1n) is 9.53. The van der Waals surface area contributed by atoms with Gasteiger partial charge >= 0.3 is 0 Å². The fourth-order valence-corrected chi connectivity index (χ4v) is 4.86. The van der Waals surface area contributed by atoms with E-state index in [1.807, 2.05) is 30.8 Å². The number of benzene rings is 1. The Bertz CT molecular complexity index is 577. The zero-order chi connectivity index (χ0) is 17.7. The molecule has 0 aromatic heterocycles. The summed E-state index contributed by atoms with van der Waals surface area (Å²) in [6.07, 6.45) is 5.12. The summed E-state index contributed by atoms with van der Waals surface area (Å²) in [5.41, 5.74) is 8.17. The molecule has 3 N–H and O–H groups in total. The highest BCUT2D eigenvalue weighted by atomic mass is 35.5. The topological polar surface area (TPSA) is 58.4 Å². The van der Waals surface area contributed by atoms with Gasteiger partial charge in [0.05, 0.1) is 5.92 Å². The molecule has 1 amide bonds. The van der Waals surface area contributed by atoms with E-state index in [2.05, 4.69) is 22.3 Å². The Kier molecular flexibility index (Phi) is 10.5. The molecular weight excluding hydrogens is 401 g/mol. The summed E-state index contributed by atoms with van der Waals surface area (Å²) in [7, 11) is 0. The van der Waals surface area contributed by atoms with Crippen molar-refractivity contribution in [1.29, 1.82) is 0 Å². The minimum atomic E-state index is -0.380. The lowest BCUT2D eigenvalue weighted by molar-refractivity contribution is -0.122.